The normalized spacial score (nSPS) is 14.8. The van der Waals surface area contributed by atoms with Gasteiger partial charge < -0.3 is 9.80 Å². The van der Waals surface area contributed by atoms with Gasteiger partial charge in [-0.05, 0) is 37.5 Å². The van der Waals surface area contributed by atoms with Gasteiger partial charge >= 0.3 is 0 Å². The number of rotatable bonds is 6. The van der Waals surface area contributed by atoms with E-state index >= 15 is 0 Å². The number of hydrogen-bond acceptors (Lipinski definition) is 3. The van der Waals surface area contributed by atoms with Crippen LogP contribution in [0.3, 0.4) is 0 Å². The van der Waals surface area contributed by atoms with E-state index in [-0.39, 0.29) is 17.5 Å². The van der Waals surface area contributed by atoms with Crippen molar-refractivity contribution in [3.05, 3.63) is 29.1 Å². The van der Waals surface area contributed by atoms with Crippen molar-refractivity contribution in [3.8, 4) is 0 Å². The van der Waals surface area contributed by atoms with Crippen LogP contribution in [0, 0.1) is 12.7 Å². The Morgan fingerprint density at radius 1 is 1.04 bits per heavy atom. The Bertz CT molecular complexity index is 608. The molecule has 1 heterocycles. The summed E-state index contributed by atoms with van der Waals surface area (Å²) in [7, 11) is 0. The molecule has 0 atom stereocenters. The van der Waals surface area contributed by atoms with Crippen molar-refractivity contribution in [2.75, 3.05) is 31.1 Å². The Balaban J connectivity index is 2.10. The zero-order chi connectivity index (χ0) is 17.7. The number of carbonyl (C=O) groups is 2. The second kappa shape index (κ2) is 8.27. The monoisotopic (exact) mass is 334 g/mol. The van der Waals surface area contributed by atoms with Gasteiger partial charge in [0.05, 0.1) is 5.69 Å². The number of ketones is 1. The van der Waals surface area contributed by atoms with Crippen LogP contribution in [0.15, 0.2) is 12.1 Å². The third-order valence-electron chi connectivity index (χ3n) is 4.51. The lowest BCUT2D eigenvalue weighted by molar-refractivity contribution is -0.131. The zero-order valence-electron chi connectivity index (χ0n) is 14.9. The maximum atomic E-state index is 14.5. The lowest BCUT2D eigenvalue weighted by Crippen LogP contribution is -2.49. The summed E-state index contributed by atoms with van der Waals surface area (Å²) in [5.74, 6) is -0.182. The zero-order valence-corrected chi connectivity index (χ0v) is 14.9. The molecule has 0 bridgehead atoms. The molecule has 1 aliphatic rings. The van der Waals surface area contributed by atoms with Crippen LogP contribution in [0.25, 0.3) is 0 Å². The number of aryl methyl sites for hydroxylation is 1. The quantitative estimate of drug-likeness (QED) is 0.747. The predicted octanol–water partition coefficient (Wildman–Crippen LogP) is 3.57. The minimum absolute atomic E-state index is 0.00423. The summed E-state index contributed by atoms with van der Waals surface area (Å²) in [6.07, 6.45) is 2.62. The fourth-order valence-corrected chi connectivity index (χ4v) is 3.14. The molecule has 1 aromatic carbocycles. The number of nitrogens with zero attached hydrogens (tertiary/aromatic N) is 2. The van der Waals surface area contributed by atoms with E-state index in [2.05, 4.69) is 0 Å². The average Bonchev–Trinajstić information content (AvgIpc) is 2.57. The van der Waals surface area contributed by atoms with Crippen LogP contribution in [-0.4, -0.2) is 42.8 Å². The first-order valence-corrected chi connectivity index (χ1v) is 8.84. The highest BCUT2D eigenvalue weighted by Crippen LogP contribution is 2.26. The molecule has 0 unspecified atom stereocenters. The van der Waals surface area contributed by atoms with E-state index in [0.717, 1.165) is 18.4 Å². The molecule has 0 aromatic heterocycles. The summed E-state index contributed by atoms with van der Waals surface area (Å²) in [5.41, 5.74) is 1.83. The first-order chi connectivity index (χ1) is 11.5. The van der Waals surface area contributed by atoms with E-state index in [9.17, 15) is 14.0 Å². The van der Waals surface area contributed by atoms with Crippen LogP contribution in [0.2, 0.25) is 0 Å². The Labute approximate surface area is 143 Å². The van der Waals surface area contributed by atoms with Crippen molar-refractivity contribution >= 4 is 17.4 Å². The molecule has 132 valence electrons. The fourth-order valence-electron chi connectivity index (χ4n) is 3.14. The molecule has 1 fully saturated rings. The van der Waals surface area contributed by atoms with E-state index in [1.54, 1.807) is 6.07 Å². The molecule has 0 saturated carbocycles. The number of benzene rings is 1. The molecular formula is C19H27FN2O2. The maximum absolute atomic E-state index is 14.5. The summed E-state index contributed by atoms with van der Waals surface area (Å²) in [5, 5.41) is 0. The number of hydrogen-bond donors (Lipinski definition) is 0. The number of Topliss-reactive ketones (excluding diaryl/α,β-unsaturated/α-hetero) is 1. The molecule has 0 N–H and O–H groups in total. The van der Waals surface area contributed by atoms with Gasteiger partial charge in [-0.25, -0.2) is 4.39 Å². The van der Waals surface area contributed by atoms with Gasteiger partial charge in [-0.1, -0.05) is 13.8 Å². The third-order valence-corrected chi connectivity index (χ3v) is 4.51. The lowest BCUT2D eigenvalue weighted by atomic mass is 10.00. The van der Waals surface area contributed by atoms with Gasteiger partial charge in [-0.3, -0.25) is 9.59 Å². The van der Waals surface area contributed by atoms with Crippen LogP contribution >= 0.6 is 0 Å². The second-order valence-electron chi connectivity index (χ2n) is 6.41. The smallest absolute Gasteiger partial charge is 0.222 e. The summed E-state index contributed by atoms with van der Waals surface area (Å²) < 4.78 is 14.5. The minimum atomic E-state index is -0.353. The summed E-state index contributed by atoms with van der Waals surface area (Å²) in [6, 6.07) is 3.14. The molecule has 0 aliphatic carbocycles. The van der Waals surface area contributed by atoms with Gasteiger partial charge in [0.15, 0.2) is 5.78 Å². The number of halogens is 1. The van der Waals surface area contributed by atoms with Crippen molar-refractivity contribution in [1.29, 1.82) is 0 Å². The van der Waals surface area contributed by atoms with Crippen LogP contribution in [0.5, 0.6) is 0 Å². The van der Waals surface area contributed by atoms with E-state index in [4.69, 9.17) is 0 Å². The van der Waals surface area contributed by atoms with Crippen LogP contribution in [-0.2, 0) is 4.79 Å². The summed E-state index contributed by atoms with van der Waals surface area (Å²) in [4.78, 5) is 27.8. The van der Waals surface area contributed by atoms with Crippen LogP contribution in [0.1, 0.15) is 55.5 Å². The maximum Gasteiger partial charge on any atom is 0.222 e. The first kappa shape index (κ1) is 18.4. The highest BCUT2D eigenvalue weighted by atomic mass is 19.1. The summed E-state index contributed by atoms with van der Waals surface area (Å²) in [6.45, 7) is 8.27. The highest BCUT2D eigenvalue weighted by molar-refractivity contribution is 5.97. The largest absolute Gasteiger partial charge is 0.366 e. The molecule has 1 aromatic rings. The molecule has 4 nitrogen and oxygen atoms in total. The average molecular weight is 334 g/mol. The molecule has 1 saturated heterocycles. The topological polar surface area (TPSA) is 40.6 Å². The van der Waals surface area contributed by atoms with E-state index in [0.29, 0.717) is 50.3 Å². The minimum Gasteiger partial charge on any atom is -0.366 e. The number of piperazine rings is 1. The highest BCUT2D eigenvalue weighted by Gasteiger charge is 2.23. The van der Waals surface area contributed by atoms with Gasteiger partial charge in [-0.2, -0.15) is 0 Å². The van der Waals surface area contributed by atoms with Gasteiger partial charge in [0, 0.05) is 44.6 Å². The molecule has 0 spiro atoms. The Morgan fingerprint density at radius 2 is 1.67 bits per heavy atom. The molecular weight excluding hydrogens is 307 g/mol. The number of carbonyl (C=O) groups excluding carboxylic acids is 2. The van der Waals surface area contributed by atoms with Crippen molar-refractivity contribution < 1.29 is 14.0 Å². The SMILES string of the molecule is CCCC(=O)c1cc(F)c(N2CCN(C(=O)CCC)CC2)cc1C. The lowest BCUT2D eigenvalue weighted by Gasteiger charge is -2.36. The predicted molar refractivity (Wildman–Crippen MR) is 94.1 cm³/mol. The Morgan fingerprint density at radius 3 is 2.25 bits per heavy atom. The Hall–Kier alpha value is -1.91. The molecule has 1 amide bonds. The van der Waals surface area contributed by atoms with Crippen molar-refractivity contribution in [3.63, 3.8) is 0 Å². The Kier molecular flexibility index (Phi) is 6.35. The van der Waals surface area contributed by atoms with E-state index < -0.39 is 0 Å². The fraction of sp³-hybridized carbons (Fsp3) is 0.579. The van der Waals surface area contributed by atoms with Crippen molar-refractivity contribution in [2.45, 2.75) is 46.5 Å². The van der Waals surface area contributed by atoms with Gasteiger partial charge in [0.2, 0.25) is 5.91 Å². The van der Waals surface area contributed by atoms with Gasteiger partial charge in [-0.15, -0.1) is 0 Å². The van der Waals surface area contributed by atoms with E-state index in [1.807, 2.05) is 30.6 Å². The molecule has 2 rings (SSSR count). The molecule has 0 radical (unpaired) electrons. The van der Waals surface area contributed by atoms with Crippen LogP contribution < -0.4 is 4.90 Å². The van der Waals surface area contributed by atoms with Gasteiger partial charge in [0.1, 0.15) is 5.82 Å². The molecule has 1 aliphatic heterocycles. The second-order valence-corrected chi connectivity index (χ2v) is 6.41. The number of amides is 1. The van der Waals surface area contributed by atoms with Crippen LogP contribution in [0.4, 0.5) is 10.1 Å². The first-order valence-electron chi connectivity index (χ1n) is 8.84. The number of anilines is 1. The van der Waals surface area contributed by atoms with E-state index in [1.165, 1.54) is 6.07 Å². The third kappa shape index (κ3) is 4.13. The molecule has 24 heavy (non-hydrogen) atoms. The standard InChI is InChI=1S/C19H27FN2O2/c1-4-6-18(23)15-13-16(20)17(12-14(15)3)21-8-10-22(11-9-21)19(24)7-5-2/h12-13H,4-11H2,1-3H3. The van der Waals surface area contributed by atoms with Crippen molar-refractivity contribution in [1.82, 2.24) is 4.90 Å². The van der Waals surface area contributed by atoms with Gasteiger partial charge in [0.25, 0.3) is 0 Å². The molecule has 5 heteroatoms. The summed E-state index contributed by atoms with van der Waals surface area (Å²) >= 11 is 0. The van der Waals surface area contributed by atoms with Crippen molar-refractivity contribution in [2.24, 2.45) is 0 Å².